The summed E-state index contributed by atoms with van der Waals surface area (Å²) in [6.07, 6.45) is -3.53. The Labute approximate surface area is 359 Å². The third-order valence-electron chi connectivity index (χ3n) is 10.2. The minimum Gasteiger partial charge on any atom is -0.378 e. The quantitative estimate of drug-likeness (QED) is 0.149. The number of amides is 5. The number of anilines is 2. The molecule has 2 fully saturated rings. The van der Waals surface area contributed by atoms with Gasteiger partial charge in [-0.3, -0.25) is 24.2 Å². The molecule has 2 heterocycles. The summed E-state index contributed by atoms with van der Waals surface area (Å²) in [5, 5.41) is 1.58. The first-order valence-electron chi connectivity index (χ1n) is 20.5. The average molecular weight is 859 g/mol. The maximum Gasteiger partial charge on any atom is 0.471 e. The number of aryl methyl sites for hydroxylation is 2. The molecule has 13 nitrogen and oxygen atoms in total. The van der Waals surface area contributed by atoms with Crippen LogP contribution in [0.5, 0.6) is 0 Å². The van der Waals surface area contributed by atoms with Crippen molar-refractivity contribution in [1.29, 1.82) is 0 Å². The SMILES string of the molecule is NCC(=O)CCc1ccc(CN(C(=O)N2CCOCC2)c2ccccc2)cc1.O=C(CCc1ccc(CN(C(=O)N2CCOCC2)c2ccccc2)cc1)CNC(=O)C(F)(F)F. The van der Waals surface area contributed by atoms with E-state index in [0.717, 1.165) is 33.6 Å². The molecule has 6 rings (SSSR count). The van der Waals surface area contributed by atoms with E-state index < -0.39 is 24.4 Å². The van der Waals surface area contributed by atoms with Crippen LogP contribution in [0.4, 0.5) is 34.1 Å². The molecule has 5 amide bonds. The van der Waals surface area contributed by atoms with Crippen molar-refractivity contribution in [3.63, 3.8) is 0 Å². The molecule has 0 unspecified atom stereocenters. The van der Waals surface area contributed by atoms with E-state index in [1.54, 1.807) is 20.0 Å². The number of carbonyl (C=O) groups excluding carboxylic acids is 5. The number of nitrogens with zero attached hydrogens (tertiary/aromatic N) is 4. The van der Waals surface area contributed by atoms with Gasteiger partial charge in [-0.15, -0.1) is 0 Å². The number of ketones is 2. The van der Waals surface area contributed by atoms with Crippen LogP contribution in [0.25, 0.3) is 0 Å². The van der Waals surface area contributed by atoms with Gasteiger partial charge < -0.3 is 30.3 Å². The van der Waals surface area contributed by atoms with Crippen LogP contribution in [0.2, 0.25) is 0 Å². The molecule has 2 aliphatic heterocycles. The van der Waals surface area contributed by atoms with E-state index in [0.29, 0.717) is 85.0 Å². The molecule has 0 aromatic heterocycles. The van der Waals surface area contributed by atoms with Gasteiger partial charge in [0.15, 0.2) is 5.78 Å². The van der Waals surface area contributed by atoms with Gasteiger partial charge >= 0.3 is 24.1 Å². The summed E-state index contributed by atoms with van der Waals surface area (Å²) in [4.78, 5) is 67.4. The Balaban J connectivity index is 0.000000238. The molecule has 0 aliphatic carbocycles. The molecule has 0 bridgehead atoms. The number of morpholine rings is 2. The minimum atomic E-state index is -5.01. The summed E-state index contributed by atoms with van der Waals surface area (Å²) in [5.41, 5.74) is 10.9. The topological polar surface area (TPSA) is 155 Å². The molecule has 4 aromatic rings. The Morgan fingerprint density at radius 3 is 1.31 bits per heavy atom. The number of nitrogens with two attached hydrogens (primary N) is 1. The largest absolute Gasteiger partial charge is 0.471 e. The second kappa shape index (κ2) is 23.8. The van der Waals surface area contributed by atoms with Crippen molar-refractivity contribution in [3.8, 4) is 0 Å². The Morgan fingerprint density at radius 2 is 0.935 bits per heavy atom. The third-order valence-corrected chi connectivity index (χ3v) is 10.2. The Morgan fingerprint density at radius 1 is 0.565 bits per heavy atom. The summed E-state index contributed by atoms with van der Waals surface area (Å²) >= 11 is 0. The first-order valence-corrected chi connectivity index (χ1v) is 20.5. The summed E-state index contributed by atoms with van der Waals surface area (Å²) < 4.78 is 47.3. The van der Waals surface area contributed by atoms with E-state index in [1.807, 2.05) is 114 Å². The molecule has 2 saturated heterocycles. The van der Waals surface area contributed by atoms with Gasteiger partial charge in [-0.25, -0.2) is 9.59 Å². The van der Waals surface area contributed by atoms with Crippen molar-refractivity contribution in [1.82, 2.24) is 15.1 Å². The molecule has 16 heteroatoms. The number of nitrogens with one attached hydrogen (secondary N) is 1. The van der Waals surface area contributed by atoms with Crippen LogP contribution >= 0.6 is 0 Å². The lowest BCUT2D eigenvalue weighted by Crippen LogP contribution is -2.48. The van der Waals surface area contributed by atoms with Crippen LogP contribution in [0.3, 0.4) is 0 Å². The maximum absolute atomic E-state index is 13.2. The highest BCUT2D eigenvalue weighted by Crippen LogP contribution is 2.22. The number of para-hydroxylation sites is 2. The normalized spacial score (nSPS) is 13.9. The van der Waals surface area contributed by atoms with Gasteiger partial charge in [0.1, 0.15) is 5.78 Å². The van der Waals surface area contributed by atoms with Crippen LogP contribution in [-0.2, 0) is 49.8 Å². The highest BCUT2D eigenvalue weighted by molar-refractivity contribution is 5.93. The van der Waals surface area contributed by atoms with Gasteiger partial charge in [-0.1, -0.05) is 84.9 Å². The summed E-state index contributed by atoms with van der Waals surface area (Å²) in [7, 11) is 0. The second-order valence-corrected chi connectivity index (χ2v) is 14.7. The predicted octanol–water partition coefficient (Wildman–Crippen LogP) is 5.93. The van der Waals surface area contributed by atoms with Crippen LogP contribution in [0, 0.1) is 0 Å². The van der Waals surface area contributed by atoms with E-state index in [1.165, 1.54) is 0 Å². The van der Waals surface area contributed by atoms with Gasteiger partial charge in [0, 0.05) is 50.4 Å². The summed E-state index contributed by atoms with van der Waals surface area (Å²) in [6, 6.07) is 34.4. The van der Waals surface area contributed by atoms with E-state index in [-0.39, 0.29) is 30.8 Å². The molecule has 330 valence electrons. The molecule has 0 atom stereocenters. The monoisotopic (exact) mass is 858 g/mol. The van der Waals surface area contributed by atoms with E-state index in [4.69, 9.17) is 15.2 Å². The zero-order valence-electron chi connectivity index (χ0n) is 34.6. The molecule has 0 saturated carbocycles. The second-order valence-electron chi connectivity index (χ2n) is 14.7. The van der Waals surface area contributed by atoms with Gasteiger partial charge in [0.25, 0.3) is 0 Å². The van der Waals surface area contributed by atoms with Crippen LogP contribution < -0.4 is 20.9 Å². The molecule has 2 aliphatic rings. The van der Waals surface area contributed by atoms with Crippen LogP contribution in [0.1, 0.15) is 35.1 Å². The van der Waals surface area contributed by atoms with Crippen molar-refractivity contribution in [2.75, 3.05) is 75.5 Å². The number of halogens is 3. The summed E-state index contributed by atoms with van der Waals surface area (Å²) in [5.74, 6) is -2.55. The van der Waals surface area contributed by atoms with E-state index in [2.05, 4.69) is 0 Å². The Bertz CT molecular complexity index is 2040. The molecule has 3 N–H and O–H groups in total. The predicted molar refractivity (Wildman–Crippen MR) is 228 cm³/mol. The fourth-order valence-corrected chi connectivity index (χ4v) is 6.63. The highest BCUT2D eigenvalue weighted by atomic mass is 19.4. The average Bonchev–Trinajstić information content (AvgIpc) is 3.31. The highest BCUT2D eigenvalue weighted by Gasteiger charge is 2.38. The molecular formula is C46H53F3N6O7. The number of carbonyl (C=O) groups is 5. The smallest absolute Gasteiger partial charge is 0.378 e. The first-order chi connectivity index (χ1) is 29.9. The Hall–Kier alpha value is -6.10. The first kappa shape index (κ1) is 47.0. The maximum atomic E-state index is 13.2. The number of hydrogen-bond acceptors (Lipinski definition) is 8. The number of rotatable bonds is 15. The number of urea groups is 2. The van der Waals surface area contributed by atoms with Crippen molar-refractivity contribution >= 4 is 40.9 Å². The van der Waals surface area contributed by atoms with Crippen molar-refractivity contribution in [3.05, 3.63) is 131 Å². The zero-order valence-corrected chi connectivity index (χ0v) is 34.6. The van der Waals surface area contributed by atoms with Crippen LogP contribution in [-0.4, -0.2) is 111 Å². The van der Waals surface area contributed by atoms with E-state index >= 15 is 0 Å². The van der Waals surface area contributed by atoms with Crippen molar-refractivity contribution < 1.29 is 46.6 Å². The number of Topliss-reactive ketones (excluding diaryl/α,β-unsaturated/α-hetero) is 2. The molecule has 0 radical (unpaired) electrons. The van der Waals surface area contributed by atoms with Crippen molar-refractivity contribution in [2.45, 2.75) is 44.9 Å². The molecule has 0 spiro atoms. The van der Waals surface area contributed by atoms with E-state index in [9.17, 15) is 37.1 Å². The Kier molecular flexibility index (Phi) is 18.0. The molecule has 4 aromatic carbocycles. The third kappa shape index (κ3) is 14.8. The van der Waals surface area contributed by atoms with Crippen molar-refractivity contribution in [2.24, 2.45) is 5.73 Å². The van der Waals surface area contributed by atoms with Crippen LogP contribution in [0.15, 0.2) is 109 Å². The fraction of sp³-hybridized carbons (Fsp3) is 0.370. The number of hydrogen-bond donors (Lipinski definition) is 2. The van der Waals surface area contributed by atoms with Gasteiger partial charge in [-0.05, 0) is 59.4 Å². The number of benzene rings is 4. The van der Waals surface area contributed by atoms with Gasteiger partial charge in [-0.2, -0.15) is 13.2 Å². The zero-order chi connectivity index (χ0) is 44.3. The lowest BCUT2D eigenvalue weighted by atomic mass is 10.1. The minimum absolute atomic E-state index is 0.00312. The van der Waals surface area contributed by atoms with Gasteiger partial charge in [0.05, 0.1) is 52.6 Å². The van der Waals surface area contributed by atoms with Gasteiger partial charge in [0.2, 0.25) is 0 Å². The number of alkyl halides is 3. The lowest BCUT2D eigenvalue weighted by Gasteiger charge is -2.33. The summed E-state index contributed by atoms with van der Waals surface area (Å²) in [6.45, 7) is 4.69. The molecule has 62 heavy (non-hydrogen) atoms. The lowest BCUT2D eigenvalue weighted by molar-refractivity contribution is -0.173. The number of ether oxygens (including phenoxy) is 2. The standard InChI is InChI=1S/C24H26F3N3O4.C22H27N3O3/c25-24(26,27)22(32)28-16-21(31)11-10-18-6-8-19(9-7-18)17-30(20-4-2-1-3-5-20)23(33)29-12-14-34-15-13-29;23-16-21(26)11-10-18-6-8-19(9-7-18)17-25(20-4-2-1-3-5-20)22(27)24-12-14-28-15-13-24/h1-9H,10-17H2,(H,28,32);1-9H,10-17,23H2. The fourth-order valence-electron chi connectivity index (χ4n) is 6.63. The molecular weight excluding hydrogens is 806 g/mol.